The molecule has 12 aromatic rings. The number of furan rings is 1. The molecule has 2 aliphatic rings. The van der Waals surface area contributed by atoms with E-state index in [1.807, 2.05) is 0 Å². The van der Waals surface area contributed by atoms with Crippen molar-refractivity contribution < 1.29 is 4.42 Å². The van der Waals surface area contributed by atoms with Crippen molar-refractivity contribution in [3.05, 3.63) is 265 Å². The van der Waals surface area contributed by atoms with Gasteiger partial charge in [-0.25, -0.2) is 0 Å². The van der Waals surface area contributed by atoms with Crippen molar-refractivity contribution in [3.8, 4) is 22.3 Å². The van der Waals surface area contributed by atoms with E-state index in [4.69, 9.17) is 4.42 Å². The van der Waals surface area contributed by atoms with E-state index in [1.165, 1.54) is 66.1 Å². The third-order valence-corrected chi connectivity index (χ3v) is 14.2. The van der Waals surface area contributed by atoms with Crippen LogP contribution in [0.15, 0.2) is 247 Å². The molecule has 0 N–H and O–H groups in total. The SMILES string of the molecule is c1ccc(N(c2cc(N(c3ccccc3)c3cccc4ccccc34)c3c(c2)C2(c4ccccc4-3)c3ccccc3-c3c2ccc2oc4ccccc4c32)c2cccc3ccccc23)cc1. The maximum atomic E-state index is 6.64. The van der Waals surface area contributed by atoms with Crippen molar-refractivity contribution in [2.24, 2.45) is 0 Å². The highest BCUT2D eigenvalue weighted by Crippen LogP contribution is 2.67. The van der Waals surface area contributed by atoms with E-state index < -0.39 is 5.41 Å². The highest BCUT2D eigenvalue weighted by atomic mass is 16.3. The lowest BCUT2D eigenvalue weighted by Crippen LogP contribution is -2.26. The van der Waals surface area contributed by atoms with Crippen LogP contribution in [0.5, 0.6) is 0 Å². The average Bonchev–Trinajstić information content (AvgIpc) is 4.01. The van der Waals surface area contributed by atoms with Crippen molar-refractivity contribution in [1.82, 2.24) is 0 Å². The maximum absolute atomic E-state index is 6.64. The lowest BCUT2D eigenvalue weighted by atomic mass is 9.70. The van der Waals surface area contributed by atoms with E-state index in [-0.39, 0.29) is 0 Å². The number of rotatable bonds is 6. The van der Waals surface area contributed by atoms with Crippen molar-refractivity contribution in [3.63, 3.8) is 0 Å². The second kappa shape index (κ2) is 14.2. The van der Waals surface area contributed by atoms with E-state index in [1.54, 1.807) is 0 Å². The van der Waals surface area contributed by atoms with Gasteiger partial charge in [0, 0.05) is 44.2 Å². The minimum Gasteiger partial charge on any atom is -0.456 e. The summed E-state index contributed by atoms with van der Waals surface area (Å²) in [4.78, 5) is 4.99. The largest absolute Gasteiger partial charge is 0.456 e. The Hall–Kier alpha value is -8.66. The Kier molecular flexibility index (Phi) is 7.90. The Morgan fingerprint density at radius 2 is 0.818 bits per heavy atom. The minimum absolute atomic E-state index is 0.669. The monoisotopic (exact) mass is 840 g/mol. The van der Waals surface area contributed by atoms with Gasteiger partial charge in [0.25, 0.3) is 0 Å². The standard InChI is InChI=1S/C63H40N2O/c1-3-23-43(24-4-1)64(55-34-17-21-41-19-7-9-27-46(41)55)45-39-54-60(57(40-45)65(44-25-5-2-6-26-44)56-35-18-22-42-20-8-10-28-47(42)56)48-29-11-14-32-51(48)63(54)52-33-15-12-30-49(52)61-53(63)37-38-59-62(61)50-31-13-16-36-58(50)66-59/h1-40H. The van der Waals surface area contributed by atoms with Gasteiger partial charge in [0.05, 0.1) is 22.5 Å². The van der Waals surface area contributed by atoms with Crippen LogP contribution in [0.4, 0.5) is 34.1 Å². The van der Waals surface area contributed by atoms with Gasteiger partial charge in [0.2, 0.25) is 0 Å². The Bertz CT molecular complexity index is 3900. The van der Waals surface area contributed by atoms with Crippen LogP contribution < -0.4 is 9.80 Å². The molecule has 0 saturated heterocycles. The normalized spacial score (nSPS) is 14.4. The first-order chi connectivity index (χ1) is 32.8. The molecule has 2 aliphatic carbocycles. The molecule has 14 rings (SSSR count). The number of anilines is 6. The van der Waals surface area contributed by atoms with Gasteiger partial charge >= 0.3 is 0 Å². The molecule has 11 aromatic carbocycles. The average molecular weight is 841 g/mol. The van der Waals surface area contributed by atoms with Gasteiger partial charge in [-0.15, -0.1) is 0 Å². The Labute approximate surface area is 382 Å². The Balaban J connectivity index is 1.18. The number of fused-ring (bicyclic) bond motifs is 16. The first kappa shape index (κ1) is 36.8. The second-order valence-corrected chi connectivity index (χ2v) is 17.5. The highest BCUT2D eigenvalue weighted by Gasteiger charge is 2.53. The summed E-state index contributed by atoms with van der Waals surface area (Å²) in [5.41, 5.74) is 17.7. The smallest absolute Gasteiger partial charge is 0.136 e. The predicted molar refractivity (Wildman–Crippen MR) is 274 cm³/mol. The molecule has 1 heterocycles. The van der Waals surface area contributed by atoms with E-state index in [9.17, 15) is 0 Å². The lowest BCUT2D eigenvalue weighted by molar-refractivity contribution is 0.668. The zero-order chi connectivity index (χ0) is 43.3. The molecule has 0 bridgehead atoms. The summed E-state index contributed by atoms with van der Waals surface area (Å²) >= 11 is 0. The molecule has 66 heavy (non-hydrogen) atoms. The molecule has 1 atom stereocenters. The first-order valence-corrected chi connectivity index (χ1v) is 22.8. The van der Waals surface area contributed by atoms with Crippen LogP contribution in [0, 0.1) is 0 Å². The van der Waals surface area contributed by atoms with Crippen LogP contribution in [0.25, 0.3) is 65.7 Å². The Morgan fingerprint density at radius 1 is 0.303 bits per heavy atom. The fourth-order valence-corrected chi connectivity index (χ4v) is 11.6. The molecule has 0 saturated carbocycles. The summed E-state index contributed by atoms with van der Waals surface area (Å²) in [6.45, 7) is 0. The van der Waals surface area contributed by atoms with E-state index in [2.05, 4.69) is 252 Å². The molecule has 0 amide bonds. The van der Waals surface area contributed by atoms with Gasteiger partial charge in [0.15, 0.2) is 0 Å². The number of hydrogen-bond donors (Lipinski definition) is 0. The summed E-state index contributed by atoms with van der Waals surface area (Å²) in [6, 6.07) is 89.0. The minimum atomic E-state index is -0.669. The van der Waals surface area contributed by atoms with Gasteiger partial charge in [0.1, 0.15) is 11.2 Å². The van der Waals surface area contributed by atoms with Crippen molar-refractivity contribution in [2.45, 2.75) is 5.41 Å². The summed E-state index contributed by atoms with van der Waals surface area (Å²) < 4.78 is 6.64. The van der Waals surface area contributed by atoms with Crippen LogP contribution in [-0.2, 0) is 5.41 Å². The van der Waals surface area contributed by atoms with Crippen molar-refractivity contribution in [2.75, 3.05) is 9.80 Å². The van der Waals surface area contributed by atoms with Crippen LogP contribution in [-0.4, -0.2) is 0 Å². The van der Waals surface area contributed by atoms with Gasteiger partial charge in [-0.1, -0.05) is 182 Å². The van der Waals surface area contributed by atoms with E-state index in [0.29, 0.717) is 0 Å². The summed E-state index contributed by atoms with van der Waals surface area (Å²) in [7, 11) is 0. The molecule has 3 nitrogen and oxygen atoms in total. The highest BCUT2D eigenvalue weighted by molar-refractivity contribution is 6.17. The van der Waals surface area contributed by atoms with Crippen LogP contribution in [0.2, 0.25) is 0 Å². The van der Waals surface area contributed by atoms with Gasteiger partial charge in [-0.2, -0.15) is 0 Å². The quantitative estimate of drug-likeness (QED) is 0.166. The molecule has 0 fully saturated rings. The molecular formula is C63H40N2O. The summed E-state index contributed by atoms with van der Waals surface area (Å²) in [6.07, 6.45) is 0. The number of nitrogens with zero attached hydrogens (tertiary/aromatic N) is 2. The molecule has 1 spiro atoms. The molecule has 1 unspecified atom stereocenters. The van der Waals surface area contributed by atoms with Crippen LogP contribution >= 0.6 is 0 Å². The van der Waals surface area contributed by atoms with Gasteiger partial charge < -0.3 is 14.2 Å². The van der Waals surface area contributed by atoms with Gasteiger partial charge in [-0.05, 0) is 110 Å². The zero-order valence-electron chi connectivity index (χ0n) is 35.9. The third-order valence-electron chi connectivity index (χ3n) is 14.2. The fraction of sp³-hybridized carbons (Fsp3) is 0.0159. The van der Waals surface area contributed by atoms with Crippen molar-refractivity contribution >= 4 is 77.6 Å². The molecule has 308 valence electrons. The molecule has 0 radical (unpaired) electrons. The third kappa shape index (κ3) is 5.08. The van der Waals surface area contributed by atoms with Crippen LogP contribution in [0.3, 0.4) is 0 Å². The molecular weight excluding hydrogens is 801 g/mol. The molecule has 3 heteroatoms. The lowest BCUT2D eigenvalue weighted by Gasteiger charge is -2.35. The van der Waals surface area contributed by atoms with Gasteiger partial charge in [-0.3, -0.25) is 0 Å². The first-order valence-electron chi connectivity index (χ1n) is 22.8. The predicted octanol–water partition coefficient (Wildman–Crippen LogP) is 17.2. The Morgan fingerprint density at radius 3 is 1.48 bits per heavy atom. The number of benzene rings is 11. The molecule has 0 aliphatic heterocycles. The van der Waals surface area contributed by atoms with E-state index in [0.717, 1.165) is 56.1 Å². The fourth-order valence-electron chi connectivity index (χ4n) is 11.6. The topological polar surface area (TPSA) is 19.6 Å². The maximum Gasteiger partial charge on any atom is 0.136 e. The number of hydrogen-bond acceptors (Lipinski definition) is 3. The number of para-hydroxylation sites is 3. The van der Waals surface area contributed by atoms with Crippen molar-refractivity contribution in [1.29, 1.82) is 0 Å². The summed E-state index contributed by atoms with van der Waals surface area (Å²) in [5, 5.41) is 7.05. The zero-order valence-corrected chi connectivity index (χ0v) is 35.9. The second-order valence-electron chi connectivity index (χ2n) is 17.5. The molecule has 1 aromatic heterocycles. The van der Waals surface area contributed by atoms with E-state index >= 15 is 0 Å². The van der Waals surface area contributed by atoms with Crippen LogP contribution in [0.1, 0.15) is 22.3 Å². The summed E-state index contributed by atoms with van der Waals surface area (Å²) in [5.74, 6) is 0.